The Bertz CT molecular complexity index is 493. The number of aliphatic hydroxyl groups excluding tert-OH is 1. The Kier molecular flexibility index (Phi) is 6.96. The minimum atomic E-state index is -3.45. The van der Waals surface area contributed by atoms with Crippen LogP contribution >= 0.6 is 27.3 Å². The van der Waals surface area contributed by atoms with Crippen molar-refractivity contribution in [3.8, 4) is 0 Å². The van der Waals surface area contributed by atoms with Crippen molar-refractivity contribution in [3.63, 3.8) is 0 Å². The number of halogens is 1. The molecule has 1 aromatic heterocycles. The lowest BCUT2D eigenvalue weighted by Gasteiger charge is -2.15. The summed E-state index contributed by atoms with van der Waals surface area (Å²) < 4.78 is 27.8. The first-order valence-electron chi connectivity index (χ1n) is 6.27. The summed E-state index contributed by atoms with van der Waals surface area (Å²) in [5.74, 6) is 0.187. The molecular formula is C12H20BrNO3S2. The predicted molar refractivity (Wildman–Crippen MR) is 82.0 cm³/mol. The average Bonchev–Trinajstić information content (AvgIpc) is 2.67. The van der Waals surface area contributed by atoms with Crippen LogP contribution in [0.3, 0.4) is 0 Å². The van der Waals surface area contributed by atoms with Gasteiger partial charge in [-0.05, 0) is 47.7 Å². The minimum absolute atomic E-state index is 0.0927. The monoisotopic (exact) mass is 369 g/mol. The van der Waals surface area contributed by atoms with Crippen molar-refractivity contribution in [1.29, 1.82) is 0 Å². The molecule has 1 aromatic rings. The Morgan fingerprint density at radius 2 is 2.16 bits per heavy atom. The molecule has 0 aliphatic rings. The fourth-order valence-corrected chi connectivity index (χ4v) is 5.47. The van der Waals surface area contributed by atoms with Crippen molar-refractivity contribution in [3.05, 3.63) is 14.7 Å². The van der Waals surface area contributed by atoms with Crippen molar-refractivity contribution < 1.29 is 13.5 Å². The van der Waals surface area contributed by atoms with E-state index in [-0.39, 0.29) is 12.5 Å². The van der Waals surface area contributed by atoms with E-state index in [4.69, 9.17) is 5.11 Å². The molecule has 0 saturated heterocycles. The van der Waals surface area contributed by atoms with Crippen LogP contribution in [-0.2, 0) is 10.0 Å². The quantitative estimate of drug-likeness (QED) is 0.740. The minimum Gasteiger partial charge on any atom is -0.396 e. The highest BCUT2D eigenvalue weighted by atomic mass is 79.9. The van der Waals surface area contributed by atoms with Crippen LogP contribution in [0.5, 0.6) is 0 Å². The van der Waals surface area contributed by atoms with Gasteiger partial charge in [-0.3, -0.25) is 0 Å². The Balaban J connectivity index is 2.72. The fourth-order valence-electron chi connectivity index (χ4n) is 1.94. The third-order valence-corrected chi connectivity index (χ3v) is 6.16. The summed E-state index contributed by atoms with van der Waals surface area (Å²) in [5, 5.41) is 8.98. The Morgan fingerprint density at radius 1 is 1.47 bits per heavy atom. The van der Waals surface area contributed by atoms with Gasteiger partial charge in [0, 0.05) is 18.0 Å². The second kappa shape index (κ2) is 7.73. The van der Waals surface area contributed by atoms with E-state index in [0.29, 0.717) is 17.9 Å². The smallest absolute Gasteiger partial charge is 0.241 e. The van der Waals surface area contributed by atoms with Crippen molar-refractivity contribution >= 4 is 37.3 Å². The van der Waals surface area contributed by atoms with Crippen molar-refractivity contribution in [2.24, 2.45) is 5.92 Å². The highest BCUT2D eigenvalue weighted by Gasteiger charge is 2.20. The molecular weight excluding hydrogens is 350 g/mol. The number of nitrogens with one attached hydrogen (secondary N) is 1. The molecule has 0 bridgehead atoms. The van der Waals surface area contributed by atoms with E-state index in [1.54, 1.807) is 13.0 Å². The topological polar surface area (TPSA) is 66.4 Å². The molecule has 0 saturated carbocycles. The zero-order valence-electron chi connectivity index (χ0n) is 11.1. The van der Waals surface area contributed by atoms with Gasteiger partial charge in [0.2, 0.25) is 10.0 Å². The number of aryl methyl sites for hydroxylation is 1. The van der Waals surface area contributed by atoms with Gasteiger partial charge in [0.1, 0.15) is 0 Å². The molecule has 4 nitrogen and oxygen atoms in total. The normalized spacial score (nSPS) is 13.7. The van der Waals surface area contributed by atoms with E-state index in [0.717, 1.165) is 21.5 Å². The molecule has 110 valence electrons. The summed E-state index contributed by atoms with van der Waals surface area (Å²) in [7, 11) is -3.45. The molecule has 2 N–H and O–H groups in total. The van der Waals surface area contributed by atoms with Gasteiger partial charge < -0.3 is 5.11 Å². The standard InChI is InChI=1S/C12H20BrNO3S2/c1-3-4-10(5-6-15)8-14-19(16,17)11-7-12(13)18-9(11)2/h7,10,14-15H,3-6,8H2,1-2H3. The molecule has 19 heavy (non-hydrogen) atoms. The lowest BCUT2D eigenvalue weighted by Crippen LogP contribution is -2.30. The number of rotatable bonds is 8. The van der Waals surface area contributed by atoms with Gasteiger partial charge in [0.25, 0.3) is 0 Å². The predicted octanol–water partition coefficient (Wildman–Crippen LogP) is 2.90. The number of aliphatic hydroxyl groups is 1. The Hall–Kier alpha value is 0.0500. The van der Waals surface area contributed by atoms with Gasteiger partial charge in [-0.25, -0.2) is 13.1 Å². The van der Waals surface area contributed by atoms with Gasteiger partial charge in [-0.2, -0.15) is 0 Å². The molecule has 7 heteroatoms. The van der Waals surface area contributed by atoms with E-state index in [9.17, 15) is 8.42 Å². The van der Waals surface area contributed by atoms with Crippen LogP contribution in [0.25, 0.3) is 0 Å². The van der Waals surface area contributed by atoms with E-state index < -0.39 is 10.0 Å². The van der Waals surface area contributed by atoms with Crippen molar-refractivity contribution in [1.82, 2.24) is 4.72 Å². The van der Waals surface area contributed by atoms with Crippen LogP contribution in [0, 0.1) is 12.8 Å². The largest absolute Gasteiger partial charge is 0.396 e. The third-order valence-electron chi connectivity index (χ3n) is 2.93. The third kappa shape index (κ3) is 5.15. The second-order valence-electron chi connectivity index (χ2n) is 4.49. The van der Waals surface area contributed by atoms with E-state index >= 15 is 0 Å². The van der Waals surface area contributed by atoms with Crippen LogP contribution in [0.15, 0.2) is 14.7 Å². The number of sulfonamides is 1. The highest BCUT2D eigenvalue weighted by Crippen LogP contribution is 2.29. The summed E-state index contributed by atoms with van der Waals surface area (Å²) in [5.41, 5.74) is 0. The van der Waals surface area contributed by atoms with E-state index in [1.807, 2.05) is 0 Å². The van der Waals surface area contributed by atoms with E-state index in [2.05, 4.69) is 27.6 Å². The number of hydrogen-bond acceptors (Lipinski definition) is 4. The van der Waals surface area contributed by atoms with Crippen molar-refractivity contribution in [2.45, 2.75) is 38.0 Å². The molecule has 0 aromatic carbocycles. The van der Waals surface area contributed by atoms with Crippen LogP contribution in [0.4, 0.5) is 0 Å². The zero-order valence-corrected chi connectivity index (χ0v) is 14.4. The molecule has 1 unspecified atom stereocenters. The van der Waals surface area contributed by atoms with Gasteiger partial charge in [-0.1, -0.05) is 13.3 Å². The molecule has 0 fully saturated rings. The maximum Gasteiger partial charge on any atom is 0.241 e. The van der Waals surface area contributed by atoms with Crippen LogP contribution in [0.2, 0.25) is 0 Å². The highest BCUT2D eigenvalue weighted by molar-refractivity contribution is 9.11. The fraction of sp³-hybridized carbons (Fsp3) is 0.667. The Labute approximate surface area is 127 Å². The van der Waals surface area contributed by atoms with Crippen LogP contribution in [0.1, 0.15) is 31.1 Å². The molecule has 0 spiro atoms. The van der Waals surface area contributed by atoms with Crippen molar-refractivity contribution in [2.75, 3.05) is 13.2 Å². The molecule has 0 aliphatic carbocycles. The Morgan fingerprint density at radius 3 is 2.63 bits per heavy atom. The number of thiophene rings is 1. The summed E-state index contributed by atoms with van der Waals surface area (Å²) in [6.07, 6.45) is 2.52. The summed E-state index contributed by atoms with van der Waals surface area (Å²) in [6, 6.07) is 1.63. The van der Waals surface area contributed by atoms with Gasteiger partial charge in [0.15, 0.2) is 0 Å². The summed E-state index contributed by atoms with van der Waals surface area (Å²) >= 11 is 4.71. The molecule has 0 aliphatic heterocycles. The molecule has 0 radical (unpaired) electrons. The first-order valence-corrected chi connectivity index (χ1v) is 9.36. The van der Waals surface area contributed by atoms with Crippen LogP contribution in [-0.4, -0.2) is 26.7 Å². The lowest BCUT2D eigenvalue weighted by molar-refractivity contribution is 0.251. The van der Waals surface area contributed by atoms with Gasteiger partial charge in [-0.15, -0.1) is 11.3 Å². The summed E-state index contributed by atoms with van der Waals surface area (Å²) in [4.78, 5) is 1.11. The van der Waals surface area contributed by atoms with Gasteiger partial charge >= 0.3 is 0 Å². The molecule has 0 amide bonds. The lowest BCUT2D eigenvalue weighted by atomic mass is 10.0. The zero-order chi connectivity index (χ0) is 14.5. The maximum absolute atomic E-state index is 12.2. The first-order chi connectivity index (χ1) is 8.90. The average molecular weight is 370 g/mol. The molecule has 1 heterocycles. The number of hydrogen-bond donors (Lipinski definition) is 2. The first kappa shape index (κ1) is 17.1. The second-order valence-corrected chi connectivity index (χ2v) is 8.86. The van der Waals surface area contributed by atoms with Gasteiger partial charge in [0.05, 0.1) is 8.68 Å². The maximum atomic E-state index is 12.2. The van der Waals surface area contributed by atoms with Crippen LogP contribution < -0.4 is 4.72 Å². The SMILES string of the molecule is CCCC(CCO)CNS(=O)(=O)c1cc(Br)sc1C. The molecule has 1 atom stereocenters. The summed E-state index contributed by atoms with van der Waals surface area (Å²) in [6.45, 7) is 4.32. The van der Waals surface area contributed by atoms with E-state index in [1.165, 1.54) is 11.3 Å². The molecule has 1 rings (SSSR count).